The van der Waals surface area contributed by atoms with E-state index in [1.54, 1.807) is 6.20 Å². The van der Waals surface area contributed by atoms with Gasteiger partial charge >= 0.3 is 0 Å². The van der Waals surface area contributed by atoms with Gasteiger partial charge in [-0.15, -0.1) is 0 Å². The van der Waals surface area contributed by atoms with Crippen molar-refractivity contribution >= 4 is 0 Å². The summed E-state index contributed by atoms with van der Waals surface area (Å²) in [5, 5.41) is 14.2. The molecule has 3 rings (SSSR count). The minimum absolute atomic E-state index is 0.411. The topological polar surface area (TPSA) is 47.3 Å². The molecule has 106 valence electrons. The third-order valence-corrected chi connectivity index (χ3v) is 3.91. The van der Waals surface area contributed by atoms with Crippen molar-refractivity contribution in [3.05, 3.63) is 47.8 Å². The molecule has 4 nitrogen and oxygen atoms in total. The molecule has 4 heteroatoms. The normalized spacial score (nSPS) is 19.2. The lowest BCUT2D eigenvalue weighted by Gasteiger charge is -2.25. The van der Waals surface area contributed by atoms with Gasteiger partial charge in [0.2, 0.25) is 0 Å². The van der Waals surface area contributed by atoms with Crippen LogP contribution < -0.4 is 4.74 Å². The van der Waals surface area contributed by atoms with Crippen molar-refractivity contribution in [2.75, 3.05) is 6.61 Å². The third kappa shape index (κ3) is 2.56. The van der Waals surface area contributed by atoms with Crippen LogP contribution in [-0.2, 0) is 6.54 Å². The van der Waals surface area contributed by atoms with E-state index < -0.39 is 6.10 Å². The largest absolute Gasteiger partial charge is 0.493 e. The van der Waals surface area contributed by atoms with Gasteiger partial charge in [-0.1, -0.05) is 25.1 Å². The van der Waals surface area contributed by atoms with Crippen LogP contribution in [-0.4, -0.2) is 21.5 Å². The molecule has 2 heterocycles. The number of benzene rings is 1. The highest BCUT2D eigenvalue weighted by molar-refractivity contribution is 5.37. The van der Waals surface area contributed by atoms with Crippen molar-refractivity contribution in [1.29, 1.82) is 0 Å². The van der Waals surface area contributed by atoms with Crippen molar-refractivity contribution in [2.24, 2.45) is 0 Å². The summed E-state index contributed by atoms with van der Waals surface area (Å²) in [4.78, 5) is 0. The van der Waals surface area contributed by atoms with Crippen LogP contribution in [0.25, 0.3) is 0 Å². The second-order valence-corrected chi connectivity index (χ2v) is 5.29. The Morgan fingerprint density at radius 3 is 3.15 bits per heavy atom. The molecular weight excluding hydrogens is 252 g/mol. The number of ether oxygens (including phenoxy) is 1. The van der Waals surface area contributed by atoms with E-state index in [1.807, 2.05) is 29.9 Å². The molecule has 1 N–H and O–H groups in total. The van der Waals surface area contributed by atoms with E-state index in [2.05, 4.69) is 17.2 Å². The maximum absolute atomic E-state index is 9.83. The van der Waals surface area contributed by atoms with Gasteiger partial charge in [-0.3, -0.25) is 4.68 Å². The van der Waals surface area contributed by atoms with Crippen LogP contribution in [0.3, 0.4) is 0 Å². The second-order valence-electron chi connectivity index (χ2n) is 5.29. The predicted octanol–water partition coefficient (Wildman–Crippen LogP) is 2.89. The number of nitrogens with zero attached hydrogens (tertiary/aromatic N) is 2. The van der Waals surface area contributed by atoms with Gasteiger partial charge in [0.25, 0.3) is 0 Å². The molecule has 0 bridgehead atoms. The van der Waals surface area contributed by atoms with Crippen LogP contribution in [0.1, 0.15) is 42.9 Å². The van der Waals surface area contributed by atoms with Gasteiger partial charge in [-0.2, -0.15) is 5.10 Å². The van der Waals surface area contributed by atoms with Gasteiger partial charge in [0.1, 0.15) is 5.75 Å². The van der Waals surface area contributed by atoms with Crippen molar-refractivity contribution in [1.82, 2.24) is 9.78 Å². The van der Waals surface area contributed by atoms with Crippen molar-refractivity contribution in [3.8, 4) is 5.75 Å². The summed E-state index contributed by atoms with van der Waals surface area (Å²) >= 11 is 0. The molecule has 0 saturated carbocycles. The number of hydrogen-bond donors (Lipinski definition) is 1. The van der Waals surface area contributed by atoms with Crippen LogP contribution >= 0.6 is 0 Å². The molecule has 0 aliphatic carbocycles. The number of aromatic nitrogens is 2. The zero-order chi connectivity index (χ0) is 13.9. The third-order valence-electron chi connectivity index (χ3n) is 3.91. The predicted molar refractivity (Wildman–Crippen MR) is 76.8 cm³/mol. The minimum Gasteiger partial charge on any atom is -0.493 e. The van der Waals surface area contributed by atoms with Gasteiger partial charge in [-0.25, -0.2) is 0 Å². The van der Waals surface area contributed by atoms with Crippen molar-refractivity contribution in [3.63, 3.8) is 0 Å². The molecule has 1 aromatic heterocycles. The highest BCUT2D eigenvalue weighted by atomic mass is 16.5. The van der Waals surface area contributed by atoms with Crippen LogP contribution in [0, 0.1) is 0 Å². The first-order chi connectivity index (χ1) is 9.78. The van der Waals surface area contributed by atoms with E-state index in [9.17, 15) is 5.11 Å². The summed E-state index contributed by atoms with van der Waals surface area (Å²) in [5.41, 5.74) is 2.15. The minimum atomic E-state index is -0.411. The number of rotatable bonds is 4. The Morgan fingerprint density at radius 2 is 2.30 bits per heavy atom. The number of fused-ring (bicyclic) bond motifs is 1. The SMILES string of the molecule is CCC(O)c1cnn(CC2CCOc3ccccc32)c1. The lowest BCUT2D eigenvalue weighted by molar-refractivity contribution is 0.173. The monoisotopic (exact) mass is 272 g/mol. The van der Waals surface area contributed by atoms with Crippen LogP contribution in [0.2, 0.25) is 0 Å². The molecule has 20 heavy (non-hydrogen) atoms. The summed E-state index contributed by atoms with van der Waals surface area (Å²) in [6.45, 7) is 3.56. The molecule has 2 aromatic rings. The van der Waals surface area contributed by atoms with Crippen LogP contribution in [0.15, 0.2) is 36.7 Å². The average Bonchev–Trinajstić information content (AvgIpc) is 2.95. The molecule has 0 saturated heterocycles. The fraction of sp³-hybridized carbons (Fsp3) is 0.438. The number of aliphatic hydroxyl groups is 1. The second kappa shape index (κ2) is 5.67. The summed E-state index contributed by atoms with van der Waals surface area (Å²) in [6, 6.07) is 8.21. The first kappa shape index (κ1) is 13.2. The highest BCUT2D eigenvalue weighted by Crippen LogP contribution is 2.34. The fourth-order valence-electron chi connectivity index (χ4n) is 2.72. The molecule has 0 spiro atoms. The summed E-state index contributed by atoms with van der Waals surface area (Å²) < 4.78 is 7.61. The Bertz CT molecular complexity index is 579. The Labute approximate surface area is 119 Å². The molecule has 0 radical (unpaired) electrons. The van der Waals surface area contributed by atoms with E-state index >= 15 is 0 Å². The first-order valence-corrected chi connectivity index (χ1v) is 7.20. The van der Waals surface area contributed by atoms with E-state index in [-0.39, 0.29) is 0 Å². The first-order valence-electron chi connectivity index (χ1n) is 7.20. The Hall–Kier alpha value is -1.81. The zero-order valence-corrected chi connectivity index (χ0v) is 11.7. The van der Waals surface area contributed by atoms with Crippen LogP contribution in [0.5, 0.6) is 5.75 Å². The van der Waals surface area contributed by atoms with Gasteiger partial charge < -0.3 is 9.84 Å². The molecule has 2 atom stereocenters. The lowest BCUT2D eigenvalue weighted by Crippen LogP contribution is -2.18. The molecular formula is C16H20N2O2. The molecule has 1 aromatic carbocycles. The summed E-state index contributed by atoms with van der Waals surface area (Å²) in [7, 11) is 0. The molecule has 1 aliphatic rings. The Balaban J connectivity index is 1.77. The fourth-order valence-corrected chi connectivity index (χ4v) is 2.72. The van der Waals surface area contributed by atoms with Crippen LogP contribution in [0.4, 0.5) is 0 Å². The number of aliphatic hydroxyl groups excluding tert-OH is 1. The van der Waals surface area contributed by atoms with E-state index in [0.717, 1.165) is 30.9 Å². The number of para-hydroxylation sites is 1. The van der Waals surface area contributed by atoms with Gasteiger partial charge in [-0.05, 0) is 24.5 Å². The number of hydrogen-bond acceptors (Lipinski definition) is 3. The van der Waals surface area contributed by atoms with Gasteiger partial charge in [0.05, 0.1) is 18.9 Å². The van der Waals surface area contributed by atoms with Crippen molar-refractivity contribution in [2.45, 2.75) is 38.3 Å². The standard InChI is InChI=1S/C16H20N2O2/c1-2-15(19)13-9-17-18(11-13)10-12-7-8-20-16-6-4-3-5-14(12)16/h3-6,9,11-12,15,19H,2,7-8,10H2,1H3. The van der Waals surface area contributed by atoms with Gasteiger partial charge in [0.15, 0.2) is 0 Å². The summed E-state index contributed by atoms with van der Waals surface area (Å²) in [5.74, 6) is 1.41. The van der Waals surface area contributed by atoms with E-state index in [0.29, 0.717) is 12.3 Å². The maximum atomic E-state index is 9.83. The average molecular weight is 272 g/mol. The van der Waals surface area contributed by atoms with E-state index in [4.69, 9.17) is 4.74 Å². The van der Waals surface area contributed by atoms with E-state index in [1.165, 1.54) is 5.56 Å². The quantitative estimate of drug-likeness (QED) is 0.931. The lowest BCUT2D eigenvalue weighted by atomic mass is 9.93. The van der Waals surface area contributed by atoms with Gasteiger partial charge in [0, 0.05) is 24.2 Å². The molecule has 0 fully saturated rings. The molecule has 1 aliphatic heterocycles. The summed E-state index contributed by atoms with van der Waals surface area (Å²) in [6.07, 6.45) is 5.02. The maximum Gasteiger partial charge on any atom is 0.122 e. The van der Waals surface area contributed by atoms with Crippen molar-refractivity contribution < 1.29 is 9.84 Å². The molecule has 2 unspecified atom stereocenters. The highest BCUT2D eigenvalue weighted by Gasteiger charge is 2.21. The smallest absolute Gasteiger partial charge is 0.122 e. The Morgan fingerprint density at radius 1 is 1.45 bits per heavy atom. The molecule has 0 amide bonds. The Kier molecular flexibility index (Phi) is 3.74. The zero-order valence-electron chi connectivity index (χ0n) is 11.7.